The van der Waals surface area contributed by atoms with Crippen molar-refractivity contribution >= 4 is 70.0 Å². The Balaban J connectivity index is 2.24. The van der Waals surface area contributed by atoms with Crippen LogP contribution >= 0.6 is 58.2 Å². The summed E-state index contributed by atoms with van der Waals surface area (Å²) in [5.74, 6) is 0.215. The van der Waals surface area contributed by atoms with Crippen LogP contribution in [-0.2, 0) is 21.9 Å². The van der Waals surface area contributed by atoms with Gasteiger partial charge in [-0.15, -0.1) is 11.8 Å². The minimum Gasteiger partial charge on any atom is -0.352 e. The van der Waals surface area contributed by atoms with Crippen molar-refractivity contribution in [3.8, 4) is 0 Å². The van der Waals surface area contributed by atoms with Gasteiger partial charge in [-0.3, -0.25) is 9.59 Å². The third-order valence-corrected chi connectivity index (χ3v) is 7.10. The van der Waals surface area contributed by atoms with Crippen molar-refractivity contribution in [1.29, 1.82) is 0 Å². The Labute approximate surface area is 213 Å². The van der Waals surface area contributed by atoms with Gasteiger partial charge in [0.25, 0.3) is 0 Å². The topological polar surface area (TPSA) is 49.4 Å². The summed E-state index contributed by atoms with van der Waals surface area (Å²) in [5, 5.41) is 4.91. The molecule has 9 heteroatoms. The highest BCUT2D eigenvalue weighted by Gasteiger charge is 2.30. The molecule has 2 aromatic carbocycles. The van der Waals surface area contributed by atoms with E-state index in [9.17, 15) is 9.59 Å². The summed E-state index contributed by atoms with van der Waals surface area (Å²) < 4.78 is 0. The van der Waals surface area contributed by atoms with E-state index >= 15 is 0 Å². The molecule has 0 aliphatic rings. The van der Waals surface area contributed by atoms with Gasteiger partial charge in [0, 0.05) is 44.0 Å². The molecule has 4 nitrogen and oxygen atoms in total. The zero-order valence-corrected chi connectivity index (χ0v) is 22.0. The average Bonchev–Trinajstić information content (AvgIpc) is 2.71. The lowest BCUT2D eigenvalue weighted by Gasteiger charge is -2.31. The van der Waals surface area contributed by atoms with E-state index in [4.69, 9.17) is 46.4 Å². The molecule has 0 unspecified atom stereocenters. The van der Waals surface area contributed by atoms with Gasteiger partial charge in [-0.1, -0.05) is 65.5 Å². The minimum absolute atomic E-state index is 0.0471. The van der Waals surface area contributed by atoms with E-state index in [-0.39, 0.29) is 30.2 Å². The Kier molecular flexibility index (Phi) is 11.0. The summed E-state index contributed by atoms with van der Waals surface area (Å²) in [7, 11) is 0. The fourth-order valence-corrected chi connectivity index (χ4v) is 5.31. The second-order valence-corrected chi connectivity index (χ2v) is 10.1. The van der Waals surface area contributed by atoms with Gasteiger partial charge >= 0.3 is 0 Å². The average molecular weight is 536 g/mol. The molecule has 2 aromatic rings. The summed E-state index contributed by atoms with van der Waals surface area (Å²) in [6.07, 6.45) is 0.452. The number of benzene rings is 2. The van der Waals surface area contributed by atoms with Gasteiger partial charge in [0.15, 0.2) is 0 Å². The largest absolute Gasteiger partial charge is 0.352 e. The molecule has 0 saturated carbocycles. The van der Waals surface area contributed by atoms with Crippen LogP contribution in [0.1, 0.15) is 38.3 Å². The second kappa shape index (κ2) is 13.0. The summed E-state index contributed by atoms with van der Waals surface area (Å²) in [4.78, 5) is 27.7. The van der Waals surface area contributed by atoms with E-state index < -0.39 is 6.04 Å². The molecule has 0 radical (unpaired) electrons. The molecule has 0 heterocycles. The molecular formula is C23H26Cl4N2O2S. The zero-order valence-electron chi connectivity index (χ0n) is 18.1. The van der Waals surface area contributed by atoms with Gasteiger partial charge in [0.2, 0.25) is 11.8 Å². The minimum atomic E-state index is -0.651. The van der Waals surface area contributed by atoms with Crippen molar-refractivity contribution in [2.75, 3.05) is 5.75 Å². The predicted octanol–water partition coefficient (Wildman–Crippen LogP) is 6.87. The fourth-order valence-electron chi connectivity index (χ4n) is 3.15. The number of hydrogen-bond acceptors (Lipinski definition) is 3. The molecule has 2 rings (SSSR count). The summed E-state index contributed by atoms with van der Waals surface area (Å²) in [5.41, 5.74) is 1.39. The Hall–Kier alpha value is -1.11. The smallest absolute Gasteiger partial charge is 0.243 e. The molecule has 0 spiro atoms. The lowest BCUT2D eigenvalue weighted by atomic mass is 10.1. The third-order valence-electron chi connectivity index (χ3n) is 4.74. The van der Waals surface area contributed by atoms with Crippen LogP contribution < -0.4 is 5.32 Å². The molecule has 174 valence electrons. The number of carbonyl (C=O) groups is 2. The van der Waals surface area contributed by atoms with E-state index in [1.165, 1.54) is 11.8 Å². The standard InChI is InChI=1S/C23H26Cl4N2O2S/c1-4-21(23(31)28-14(2)3)29(11-15-17(24)7-5-8-18(15)25)22(30)13-32-12-16-19(26)9-6-10-20(16)27/h5-10,14,21H,4,11-13H2,1-3H3,(H,28,31)/t21-/m1/s1. The van der Waals surface area contributed by atoms with Gasteiger partial charge in [-0.05, 0) is 50.1 Å². The molecule has 0 bridgehead atoms. The summed E-state index contributed by atoms with van der Waals surface area (Å²) >= 11 is 26.6. The molecule has 0 fully saturated rings. The van der Waals surface area contributed by atoms with Gasteiger partial charge < -0.3 is 10.2 Å². The normalized spacial score (nSPS) is 12.0. The van der Waals surface area contributed by atoms with Crippen LogP contribution in [0.4, 0.5) is 0 Å². The third kappa shape index (κ3) is 7.46. The van der Waals surface area contributed by atoms with Gasteiger partial charge in [0.1, 0.15) is 6.04 Å². The van der Waals surface area contributed by atoms with Crippen molar-refractivity contribution in [2.45, 2.75) is 51.6 Å². The Bertz CT molecular complexity index is 915. The summed E-state index contributed by atoms with van der Waals surface area (Å²) in [6, 6.07) is 9.78. The maximum Gasteiger partial charge on any atom is 0.243 e. The van der Waals surface area contributed by atoms with Crippen molar-refractivity contribution in [3.05, 3.63) is 67.6 Å². The quantitative estimate of drug-likeness (QED) is 0.361. The number of carbonyl (C=O) groups excluding carboxylic acids is 2. The predicted molar refractivity (Wildman–Crippen MR) is 137 cm³/mol. The van der Waals surface area contributed by atoms with Crippen LogP contribution in [0.3, 0.4) is 0 Å². The van der Waals surface area contributed by atoms with Crippen LogP contribution in [-0.4, -0.2) is 34.6 Å². The van der Waals surface area contributed by atoms with Crippen molar-refractivity contribution in [1.82, 2.24) is 10.2 Å². The van der Waals surface area contributed by atoms with Crippen LogP contribution in [0.5, 0.6) is 0 Å². The monoisotopic (exact) mass is 534 g/mol. The molecule has 0 aliphatic carbocycles. The Morgan fingerprint density at radius 2 is 1.44 bits per heavy atom. The number of hydrogen-bond donors (Lipinski definition) is 1. The number of halogens is 4. The lowest BCUT2D eigenvalue weighted by Crippen LogP contribution is -2.51. The number of amides is 2. The molecule has 0 aliphatic heterocycles. The van der Waals surface area contributed by atoms with Crippen LogP contribution in [0, 0.1) is 0 Å². The molecule has 2 amide bonds. The van der Waals surface area contributed by atoms with Gasteiger partial charge in [-0.25, -0.2) is 0 Å². The second-order valence-electron chi connectivity index (χ2n) is 7.50. The number of thioether (sulfide) groups is 1. The molecular weight excluding hydrogens is 510 g/mol. The molecule has 32 heavy (non-hydrogen) atoms. The molecule has 0 aromatic heterocycles. The lowest BCUT2D eigenvalue weighted by molar-refractivity contribution is -0.139. The van der Waals surface area contributed by atoms with E-state index in [0.717, 1.165) is 5.56 Å². The van der Waals surface area contributed by atoms with Crippen LogP contribution in [0.25, 0.3) is 0 Å². The number of nitrogens with zero attached hydrogens (tertiary/aromatic N) is 1. The molecule has 0 saturated heterocycles. The first-order valence-corrected chi connectivity index (χ1v) is 12.9. The first kappa shape index (κ1) is 27.1. The van der Waals surface area contributed by atoms with E-state index in [2.05, 4.69) is 5.32 Å². The number of rotatable bonds is 10. The highest BCUT2D eigenvalue weighted by atomic mass is 35.5. The highest BCUT2D eigenvalue weighted by molar-refractivity contribution is 7.99. The van der Waals surface area contributed by atoms with Crippen molar-refractivity contribution in [2.24, 2.45) is 0 Å². The van der Waals surface area contributed by atoms with Crippen molar-refractivity contribution < 1.29 is 9.59 Å². The molecule has 1 N–H and O–H groups in total. The van der Waals surface area contributed by atoms with Crippen molar-refractivity contribution in [3.63, 3.8) is 0 Å². The fraction of sp³-hybridized carbons (Fsp3) is 0.391. The maximum absolute atomic E-state index is 13.3. The SMILES string of the molecule is CC[C@H](C(=O)NC(C)C)N(Cc1c(Cl)cccc1Cl)C(=O)CSCc1c(Cl)cccc1Cl. The van der Waals surface area contributed by atoms with E-state index in [0.29, 0.717) is 37.8 Å². The maximum atomic E-state index is 13.3. The first-order chi connectivity index (χ1) is 15.1. The Morgan fingerprint density at radius 3 is 1.91 bits per heavy atom. The summed E-state index contributed by atoms with van der Waals surface area (Å²) in [6.45, 7) is 5.76. The van der Waals surface area contributed by atoms with Gasteiger partial charge in [-0.2, -0.15) is 0 Å². The first-order valence-electron chi connectivity index (χ1n) is 10.2. The molecule has 1 atom stereocenters. The number of nitrogens with one attached hydrogen (secondary N) is 1. The van der Waals surface area contributed by atoms with E-state index in [1.807, 2.05) is 20.8 Å². The van der Waals surface area contributed by atoms with Gasteiger partial charge in [0.05, 0.1) is 5.75 Å². The Morgan fingerprint density at radius 1 is 0.938 bits per heavy atom. The van der Waals surface area contributed by atoms with Crippen LogP contribution in [0.15, 0.2) is 36.4 Å². The highest BCUT2D eigenvalue weighted by Crippen LogP contribution is 2.30. The van der Waals surface area contributed by atoms with E-state index in [1.54, 1.807) is 41.3 Å². The van der Waals surface area contributed by atoms with Crippen LogP contribution in [0.2, 0.25) is 20.1 Å². The zero-order chi connectivity index (χ0) is 23.8.